The average molecular weight is 564 g/mol. The fraction of sp³-hybridized carbons (Fsp3) is 0.643. The molecule has 0 radical (unpaired) electrons. The molecule has 0 unspecified atom stereocenters. The molecule has 1 aromatic heterocycles. The number of aliphatic hydroxyl groups is 3. The zero-order valence-corrected chi connectivity index (χ0v) is 24.4. The Labute approximate surface area is 233 Å². The molecule has 10 heteroatoms. The van der Waals surface area contributed by atoms with Gasteiger partial charge >= 0.3 is 0 Å². The summed E-state index contributed by atoms with van der Waals surface area (Å²) in [4.78, 5) is 20.6. The lowest BCUT2D eigenvalue weighted by Crippen LogP contribution is -2.65. The Balaban J connectivity index is 1.61. The van der Waals surface area contributed by atoms with E-state index in [9.17, 15) is 20.1 Å². The third-order valence-electron chi connectivity index (χ3n) is 7.81. The maximum absolute atomic E-state index is 13.6. The van der Waals surface area contributed by atoms with Gasteiger partial charge in [0.1, 0.15) is 29.9 Å². The number of nitrogens with zero attached hydrogens (tertiary/aromatic N) is 2. The van der Waals surface area contributed by atoms with Crippen molar-refractivity contribution in [3.63, 3.8) is 0 Å². The van der Waals surface area contributed by atoms with E-state index < -0.39 is 35.9 Å². The van der Waals surface area contributed by atoms with Gasteiger partial charge in [-0.05, 0) is 56.7 Å². The van der Waals surface area contributed by atoms with E-state index in [1.807, 2.05) is 45.2 Å². The molecule has 1 aromatic carbocycles. The molecule has 1 amide bonds. The van der Waals surface area contributed by atoms with Gasteiger partial charge < -0.3 is 25.4 Å². The highest BCUT2D eigenvalue weighted by molar-refractivity contribution is 8.00. The highest BCUT2D eigenvalue weighted by Crippen LogP contribution is 2.35. The van der Waals surface area contributed by atoms with Crippen LogP contribution in [0, 0.1) is 12.8 Å². The molecule has 2 fully saturated rings. The molecule has 4 N–H and O–H groups in total. The Morgan fingerprint density at radius 1 is 1.24 bits per heavy atom. The number of pyridine rings is 1. The molecule has 8 nitrogen and oxygen atoms in total. The average Bonchev–Trinajstić information content (AvgIpc) is 3.27. The van der Waals surface area contributed by atoms with Crippen LogP contribution in [0.5, 0.6) is 0 Å². The van der Waals surface area contributed by atoms with Gasteiger partial charge in [-0.15, -0.1) is 23.5 Å². The highest BCUT2D eigenvalue weighted by atomic mass is 32.2. The number of carbonyl (C=O) groups excluding carboxylic acids is 1. The van der Waals surface area contributed by atoms with Crippen LogP contribution in [-0.4, -0.2) is 98.1 Å². The molecule has 0 saturated carbocycles. The molecule has 210 valence electrons. The van der Waals surface area contributed by atoms with Crippen LogP contribution in [0.15, 0.2) is 35.4 Å². The summed E-state index contributed by atoms with van der Waals surface area (Å²) in [6, 6.07) is 9.14. The monoisotopic (exact) mass is 563 g/mol. The Morgan fingerprint density at radius 2 is 1.97 bits per heavy atom. The zero-order valence-electron chi connectivity index (χ0n) is 22.8. The standard InChI is InChI=1S/C28H41N3O5S2/c1-6-9-17-13-20(31(4)14-17)26(35)30-21(25-23(33)22(32)24(34)28(36-25)37-5)16(3)38-27-15(2)12-18-10-7-8-11-19(18)29-27/h7-8,10-12,16-17,20-25,28,32-34H,6,9,13-14H2,1-5H3,(H,30,35)/t16-,17+,20-,21+,22-,23+,24+,25+,28+/m0/s1. The van der Waals surface area contributed by atoms with Gasteiger partial charge in [-0.1, -0.05) is 38.5 Å². The van der Waals surface area contributed by atoms with E-state index in [2.05, 4.69) is 23.2 Å². The topological polar surface area (TPSA) is 115 Å². The van der Waals surface area contributed by atoms with Crippen molar-refractivity contribution >= 4 is 40.3 Å². The van der Waals surface area contributed by atoms with Gasteiger partial charge in [0.2, 0.25) is 5.91 Å². The number of para-hydroxylation sites is 1. The largest absolute Gasteiger partial charge is 0.388 e. The lowest BCUT2D eigenvalue weighted by atomic mass is 9.92. The van der Waals surface area contributed by atoms with Crippen LogP contribution in [0.1, 0.15) is 38.7 Å². The zero-order chi connectivity index (χ0) is 27.6. The lowest BCUT2D eigenvalue weighted by molar-refractivity contribution is -0.205. The summed E-state index contributed by atoms with van der Waals surface area (Å²) in [5, 5.41) is 36.9. The number of hydrogen-bond donors (Lipinski definition) is 4. The van der Waals surface area contributed by atoms with Crippen molar-refractivity contribution in [2.24, 2.45) is 5.92 Å². The van der Waals surface area contributed by atoms with Crippen molar-refractivity contribution in [2.45, 2.75) is 92.2 Å². The number of fused-ring (bicyclic) bond motifs is 1. The second-order valence-corrected chi connectivity index (χ2v) is 13.0. The molecule has 38 heavy (non-hydrogen) atoms. The van der Waals surface area contributed by atoms with E-state index >= 15 is 0 Å². The number of aryl methyl sites for hydroxylation is 1. The summed E-state index contributed by atoms with van der Waals surface area (Å²) in [5.74, 6) is 0.369. The second kappa shape index (κ2) is 12.8. The Hall–Kier alpha value is -1.40. The lowest BCUT2D eigenvalue weighted by Gasteiger charge is -2.44. The number of hydrogen-bond acceptors (Lipinski definition) is 9. The molecule has 0 aliphatic carbocycles. The number of amides is 1. The molecule has 3 heterocycles. The van der Waals surface area contributed by atoms with Gasteiger partial charge in [-0.2, -0.15) is 0 Å². The quantitative estimate of drug-likeness (QED) is 0.342. The van der Waals surface area contributed by atoms with Crippen LogP contribution in [0.3, 0.4) is 0 Å². The third kappa shape index (κ3) is 6.32. The summed E-state index contributed by atoms with van der Waals surface area (Å²) in [6.45, 7) is 7.03. The van der Waals surface area contributed by atoms with Gasteiger partial charge in [0.05, 0.1) is 22.6 Å². The van der Waals surface area contributed by atoms with Crippen LogP contribution in [-0.2, 0) is 9.53 Å². The molecule has 2 aliphatic rings. The first-order valence-electron chi connectivity index (χ1n) is 13.4. The van der Waals surface area contributed by atoms with E-state index in [-0.39, 0.29) is 17.2 Å². The number of benzene rings is 1. The Morgan fingerprint density at radius 3 is 2.68 bits per heavy atom. The van der Waals surface area contributed by atoms with Crippen molar-refractivity contribution in [3.8, 4) is 0 Å². The van der Waals surface area contributed by atoms with Crippen LogP contribution in [0.2, 0.25) is 0 Å². The van der Waals surface area contributed by atoms with Crippen molar-refractivity contribution < 1.29 is 24.9 Å². The molecule has 0 spiro atoms. The minimum atomic E-state index is -1.38. The smallest absolute Gasteiger partial charge is 0.237 e. The Kier molecular flexibility index (Phi) is 10.00. The SMILES string of the molecule is CCC[C@@H]1C[C@@H](C(=O)N[C@@H]([C@H]2O[C@H](SC)[C@H](O)[C@@H](O)[C@H]2O)[C@H](C)Sc2nc3ccccc3cc2C)N(C)C1. The maximum atomic E-state index is 13.6. The number of carbonyl (C=O) groups is 1. The molecular weight excluding hydrogens is 522 g/mol. The maximum Gasteiger partial charge on any atom is 0.237 e. The fourth-order valence-electron chi connectivity index (χ4n) is 5.69. The van der Waals surface area contributed by atoms with Crippen LogP contribution < -0.4 is 5.32 Å². The minimum Gasteiger partial charge on any atom is -0.388 e. The van der Waals surface area contributed by atoms with E-state index in [4.69, 9.17) is 9.72 Å². The molecule has 0 bridgehead atoms. The molecule has 2 saturated heterocycles. The van der Waals surface area contributed by atoms with Crippen LogP contribution >= 0.6 is 23.5 Å². The summed E-state index contributed by atoms with van der Waals surface area (Å²) in [7, 11) is 1.98. The molecule has 2 aromatic rings. The predicted molar refractivity (Wildman–Crippen MR) is 153 cm³/mol. The normalized spacial score (nSPS) is 31.8. The van der Waals surface area contributed by atoms with Crippen molar-refractivity contribution in [1.29, 1.82) is 0 Å². The minimum absolute atomic E-state index is 0.108. The summed E-state index contributed by atoms with van der Waals surface area (Å²) >= 11 is 2.78. The van der Waals surface area contributed by atoms with Gasteiger partial charge in [-0.3, -0.25) is 9.69 Å². The number of likely N-dealkylation sites (N-methyl/N-ethyl adjacent to an activating group) is 1. The van der Waals surface area contributed by atoms with Crippen molar-refractivity contribution in [3.05, 3.63) is 35.9 Å². The predicted octanol–water partition coefficient (Wildman–Crippen LogP) is 2.80. The molecule has 9 atom stereocenters. The molecular formula is C28H41N3O5S2. The van der Waals surface area contributed by atoms with Crippen LogP contribution in [0.4, 0.5) is 0 Å². The van der Waals surface area contributed by atoms with Crippen molar-refractivity contribution in [2.75, 3.05) is 19.8 Å². The Bertz CT molecular complexity index is 1110. The first kappa shape index (κ1) is 29.6. The number of aromatic nitrogens is 1. The molecule has 4 rings (SSSR count). The van der Waals surface area contributed by atoms with Gasteiger partial charge in [0.15, 0.2) is 0 Å². The van der Waals surface area contributed by atoms with Crippen LogP contribution in [0.25, 0.3) is 10.9 Å². The number of ether oxygens (including phenoxy) is 1. The summed E-state index contributed by atoms with van der Waals surface area (Å²) < 4.78 is 6.14. The number of thioether (sulfide) groups is 2. The summed E-state index contributed by atoms with van der Waals surface area (Å²) in [6.07, 6.45) is -0.135. The van der Waals surface area contributed by atoms with Gasteiger partial charge in [-0.25, -0.2) is 4.98 Å². The van der Waals surface area contributed by atoms with E-state index in [0.29, 0.717) is 5.92 Å². The van der Waals surface area contributed by atoms with E-state index in [1.165, 1.54) is 23.5 Å². The van der Waals surface area contributed by atoms with E-state index in [1.54, 1.807) is 6.26 Å². The second-order valence-electron chi connectivity index (χ2n) is 10.7. The third-order valence-corrected chi connectivity index (χ3v) is 9.96. The summed E-state index contributed by atoms with van der Waals surface area (Å²) in [5.41, 5.74) is 1.18. The van der Waals surface area contributed by atoms with Crippen molar-refractivity contribution in [1.82, 2.24) is 15.2 Å². The molecule has 2 aliphatic heterocycles. The highest BCUT2D eigenvalue weighted by Gasteiger charge is 2.49. The first-order chi connectivity index (χ1) is 18.1. The first-order valence-corrected chi connectivity index (χ1v) is 15.6. The van der Waals surface area contributed by atoms with Gasteiger partial charge in [0, 0.05) is 17.2 Å². The number of nitrogens with one attached hydrogen (secondary N) is 1. The number of aliphatic hydroxyl groups excluding tert-OH is 3. The number of likely N-dealkylation sites (tertiary alicyclic amines) is 1. The van der Waals surface area contributed by atoms with E-state index in [0.717, 1.165) is 47.3 Å². The fourth-order valence-corrected chi connectivity index (χ4v) is 7.49. The number of rotatable bonds is 9. The van der Waals surface area contributed by atoms with Gasteiger partial charge in [0.25, 0.3) is 0 Å².